The summed E-state index contributed by atoms with van der Waals surface area (Å²) in [5, 5.41) is 6.17. The molecular weight excluding hydrogens is 729 g/mol. The summed E-state index contributed by atoms with van der Waals surface area (Å²) < 4.78 is 3.85. The molecule has 0 bridgehead atoms. The number of thiazole rings is 1. The monoisotopic (exact) mass is 762 g/mol. The van der Waals surface area contributed by atoms with Crippen LogP contribution in [0.25, 0.3) is 85.1 Å². The van der Waals surface area contributed by atoms with Crippen LogP contribution < -0.4 is 4.90 Å². The van der Waals surface area contributed by atoms with Crippen LogP contribution in [0.15, 0.2) is 206 Å². The van der Waals surface area contributed by atoms with E-state index in [0.717, 1.165) is 33.1 Å². The molecule has 0 N–H and O–H groups in total. The van der Waals surface area contributed by atoms with E-state index in [1.807, 2.05) is 11.3 Å². The minimum absolute atomic E-state index is 1.06. The molecule has 0 fully saturated rings. The number of rotatable bonds is 7. The maximum atomic E-state index is 5.05. The van der Waals surface area contributed by atoms with E-state index in [9.17, 15) is 0 Å². The zero-order valence-electron chi connectivity index (χ0n) is 30.8. The number of hydrogen-bond donors (Lipinski definition) is 0. The van der Waals surface area contributed by atoms with E-state index in [-0.39, 0.29) is 0 Å². The summed E-state index contributed by atoms with van der Waals surface area (Å²) >= 11 is 3.65. The highest BCUT2D eigenvalue weighted by Crippen LogP contribution is 2.44. The van der Waals surface area contributed by atoms with E-state index in [1.165, 1.54) is 69.0 Å². The van der Waals surface area contributed by atoms with Gasteiger partial charge < -0.3 is 4.90 Å². The van der Waals surface area contributed by atoms with Crippen LogP contribution in [0.1, 0.15) is 0 Å². The molecule has 2 nitrogen and oxygen atoms in total. The van der Waals surface area contributed by atoms with Gasteiger partial charge in [0, 0.05) is 42.8 Å². The first-order valence-corrected chi connectivity index (χ1v) is 20.8. The van der Waals surface area contributed by atoms with Gasteiger partial charge in [0.25, 0.3) is 0 Å². The minimum Gasteiger partial charge on any atom is -0.310 e. The molecule has 0 saturated carbocycles. The Bertz CT molecular complexity index is 3210. The first-order chi connectivity index (χ1) is 28.2. The van der Waals surface area contributed by atoms with E-state index in [4.69, 9.17) is 4.98 Å². The highest BCUT2D eigenvalue weighted by Gasteiger charge is 2.17. The molecule has 268 valence electrons. The summed E-state index contributed by atoms with van der Waals surface area (Å²) in [5.41, 5.74) is 12.7. The summed E-state index contributed by atoms with van der Waals surface area (Å²) in [6.07, 6.45) is 0. The van der Waals surface area contributed by atoms with Gasteiger partial charge in [0.2, 0.25) is 0 Å². The quantitative estimate of drug-likeness (QED) is 0.161. The topological polar surface area (TPSA) is 16.1 Å². The zero-order chi connectivity index (χ0) is 37.7. The first kappa shape index (κ1) is 33.5. The zero-order valence-corrected chi connectivity index (χ0v) is 32.5. The number of aromatic nitrogens is 1. The van der Waals surface area contributed by atoms with Gasteiger partial charge >= 0.3 is 0 Å². The predicted octanol–water partition coefficient (Wildman–Crippen LogP) is 16.0. The fraction of sp³-hybridized carbons (Fsp3) is 0. The van der Waals surface area contributed by atoms with E-state index in [0.29, 0.717) is 0 Å². The summed E-state index contributed by atoms with van der Waals surface area (Å²) in [7, 11) is 0. The maximum absolute atomic E-state index is 5.05. The molecule has 0 aliphatic rings. The molecule has 11 aromatic rings. The van der Waals surface area contributed by atoms with Gasteiger partial charge in [-0.05, 0) is 105 Å². The third-order valence-corrected chi connectivity index (χ3v) is 13.2. The fourth-order valence-corrected chi connectivity index (χ4v) is 10.4. The van der Waals surface area contributed by atoms with Crippen molar-refractivity contribution in [3.8, 4) is 44.0 Å². The van der Waals surface area contributed by atoms with E-state index in [2.05, 4.69) is 211 Å². The molecule has 2 aromatic heterocycles. The molecule has 4 heteroatoms. The number of anilines is 3. The first-order valence-electron chi connectivity index (χ1n) is 19.2. The maximum Gasteiger partial charge on any atom is 0.124 e. The van der Waals surface area contributed by atoms with Crippen LogP contribution in [-0.4, -0.2) is 4.98 Å². The van der Waals surface area contributed by atoms with Gasteiger partial charge in [0.05, 0.1) is 10.2 Å². The molecule has 0 spiro atoms. The van der Waals surface area contributed by atoms with Crippen molar-refractivity contribution in [2.45, 2.75) is 0 Å². The Hall–Kier alpha value is -6.85. The van der Waals surface area contributed by atoms with Crippen molar-refractivity contribution in [2.24, 2.45) is 0 Å². The van der Waals surface area contributed by atoms with Gasteiger partial charge in [-0.2, -0.15) is 0 Å². The lowest BCUT2D eigenvalue weighted by molar-refractivity contribution is 1.28. The lowest BCUT2D eigenvalue weighted by Gasteiger charge is -2.26. The molecule has 0 aliphatic carbocycles. The number of nitrogens with zero attached hydrogens (tertiary/aromatic N) is 2. The van der Waals surface area contributed by atoms with Crippen LogP contribution in [0.4, 0.5) is 17.1 Å². The van der Waals surface area contributed by atoms with Crippen molar-refractivity contribution < 1.29 is 0 Å². The molecule has 0 radical (unpaired) electrons. The van der Waals surface area contributed by atoms with Gasteiger partial charge in [-0.25, -0.2) is 4.98 Å². The van der Waals surface area contributed by atoms with Crippen molar-refractivity contribution >= 4 is 80.9 Å². The summed E-state index contributed by atoms with van der Waals surface area (Å²) in [6, 6.07) is 74.5. The average molecular weight is 763 g/mol. The standard InChI is InChI=1S/C53H34N2S2/c1-3-11-35(12-4-1)40-17-9-18-44(33-40)55(43-28-23-38(24-29-43)46-20-10-16-37-13-7-8-19-45(37)46)42-26-21-36(22-27-42)41-25-31-49-47(34-41)51-50(56-49)32-30-48-52(51)57-53(54-48)39-14-5-2-6-15-39/h1-34H. The van der Waals surface area contributed by atoms with Gasteiger partial charge in [-0.15, -0.1) is 22.7 Å². The van der Waals surface area contributed by atoms with Crippen LogP contribution in [0.3, 0.4) is 0 Å². The van der Waals surface area contributed by atoms with Crippen molar-refractivity contribution in [1.82, 2.24) is 4.98 Å². The van der Waals surface area contributed by atoms with E-state index >= 15 is 0 Å². The summed E-state index contributed by atoms with van der Waals surface area (Å²) in [6.45, 7) is 0. The van der Waals surface area contributed by atoms with Gasteiger partial charge in [-0.3, -0.25) is 0 Å². The van der Waals surface area contributed by atoms with Crippen LogP contribution in [0, 0.1) is 0 Å². The molecule has 0 aliphatic heterocycles. The SMILES string of the molecule is c1ccc(-c2cccc(N(c3ccc(-c4ccc5sc6ccc7nc(-c8ccccc8)sc7c6c5c4)cc3)c3ccc(-c4cccc5ccccc45)cc3)c2)cc1. The Morgan fingerprint density at radius 3 is 1.75 bits per heavy atom. The fourth-order valence-electron chi connectivity index (χ4n) is 8.10. The largest absolute Gasteiger partial charge is 0.310 e. The second kappa shape index (κ2) is 14.0. The highest BCUT2D eigenvalue weighted by molar-refractivity contribution is 7.28. The lowest BCUT2D eigenvalue weighted by atomic mass is 9.98. The van der Waals surface area contributed by atoms with Crippen molar-refractivity contribution in [2.75, 3.05) is 4.90 Å². The molecule has 0 saturated heterocycles. The average Bonchev–Trinajstić information content (AvgIpc) is 3.89. The third kappa shape index (κ3) is 6.07. The summed E-state index contributed by atoms with van der Waals surface area (Å²) in [4.78, 5) is 7.41. The second-order valence-corrected chi connectivity index (χ2v) is 16.4. The number of thiophene rings is 1. The molecule has 57 heavy (non-hydrogen) atoms. The Morgan fingerprint density at radius 2 is 0.965 bits per heavy atom. The molecule has 0 unspecified atom stereocenters. The molecular formula is C53H34N2S2. The van der Waals surface area contributed by atoms with E-state index in [1.54, 1.807) is 11.3 Å². The van der Waals surface area contributed by atoms with Crippen molar-refractivity contribution in [3.63, 3.8) is 0 Å². The Labute approximate surface area is 339 Å². The number of fused-ring (bicyclic) bond motifs is 6. The molecule has 2 heterocycles. The van der Waals surface area contributed by atoms with Crippen LogP contribution in [-0.2, 0) is 0 Å². The van der Waals surface area contributed by atoms with Crippen LogP contribution in [0.2, 0.25) is 0 Å². The second-order valence-electron chi connectivity index (χ2n) is 14.4. The van der Waals surface area contributed by atoms with Crippen LogP contribution in [0.5, 0.6) is 0 Å². The molecule has 9 aromatic carbocycles. The normalized spacial score (nSPS) is 11.5. The predicted molar refractivity (Wildman–Crippen MR) is 246 cm³/mol. The number of hydrogen-bond acceptors (Lipinski definition) is 4. The Morgan fingerprint density at radius 1 is 0.368 bits per heavy atom. The van der Waals surface area contributed by atoms with Gasteiger partial charge in [0.15, 0.2) is 0 Å². The highest BCUT2D eigenvalue weighted by atomic mass is 32.1. The molecule has 0 atom stereocenters. The minimum atomic E-state index is 1.06. The number of benzene rings is 9. The van der Waals surface area contributed by atoms with Gasteiger partial charge in [-0.1, -0.05) is 146 Å². The molecule has 11 rings (SSSR count). The lowest BCUT2D eigenvalue weighted by Crippen LogP contribution is -2.10. The molecule has 0 amide bonds. The Balaban J connectivity index is 0.990. The van der Waals surface area contributed by atoms with Gasteiger partial charge in [0.1, 0.15) is 5.01 Å². The summed E-state index contributed by atoms with van der Waals surface area (Å²) in [5.74, 6) is 0. The van der Waals surface area contributed by atoms with Crippen molar-refractivity contribution in [3.05, 3.63) is 206 Å². The third-order valence-electron chi connectivity index (χ3n) is 10.9. The van der Waals surface area contributed by atoms with E-state index < -0.39 is 0 Å². The van der Waals surface area contributed by atoms with Crippen LogP contribution >= 0.6 is 22.7 Å². The van der Waals surface area contributed by atoms with Crippen molar-refractivity contribution in [1.29, 1.82) is 0 Å². The Kier molecular flexibility index (Phi) is 8.24. The smallest absolute Gasteiger partial charge is 0.124 e.